The van der Waals surface area contributed by atoms with Gasteiger partial charge in [-0.25, -0.2) is 0 Å². The van der Waals surface area contributed by atoms with Crippen molar-refractivity contribution >= 4 is 11.8 Å². The van der Waals surface area contributed by atoms with E-state index in [2.05, 4.69) is 11.8 Å². The van der Waals surface area contributed by atoms with E-state index in [4.69, 9.17) is 10.5 Å². The van der Waals surface area contributed by atoms with Gasteiger partial charge in [0.25, 0.3) is 0 Å². The third-order valence-corrected chi connectivity index (χ3v) is 4.25. The first-order valence-corrected chi connectivity index (χ1v) is 9.08. The summed E-state index contributed by atoms with van der Waals surface area (Å²) in [7, 11) is 0. The number of rotatable bonds is 8. The maximum atomic E-state index is 12.2. The highest BCUT2D eigenvalue weighted by molar-refractivity contribution is 5.78. The number of aliphatic hydroxyl groups is 1. The standard InChI is InChI=1S/C21H26N2O4/c22-20(25)16-27-14-5-4-13-23-18(9-6-10-21(23)26)11-12-19(24)15-17-7-2-1-3-8-17/h1-3,7-8,11-12,18-19,24H,6,9-10,13-16H2,(H2,22,25). The molecule has 2 rings (SSSR count). The summed E-state index contributed by atoms with van der Waals surface area (Å²) in [4.78, 5) is 24.5. The molecule has 2 unspecified atom stereocenters. The second kappa shape index (κ2) is 11.2. The SMILES string of the molecule is NC(=O)COCC#CCN1C(=O)CCCC1C=CC(O)Cc1ccccc1. The summed E-state index contributed by atoms with van der Waals surface area (Å²) in [6.45, 7) is 0.228. The van der Waals surface area contributed by atoms with Gasteiger partial charge in [0, 0.05) is 12.8 Å². The van der Waals surface area contributed by atoms with Gasteiger partial charge in [-0.2, -0.15) is 0 Å². The third kappa shape index (κ3) is 7.65. The fourth-order valence-corrected chi connectivity index (χ4v) is 2.93. The van der Waals surface area contributed by atoms with Gasteiger partial charge in [0.05, 0.1) is 18.7 Å². The molecule has 144 valence electrons. The monoisotopic (exact) mass is 370 g/mol. The lowest BCUT2D eigenvalue weighted by Crippen LogP contribution is -2.42. The van der Waals surface area contributed by atoms with Gasteiger partial charge in [-0.3, -0.25) is 9.59 Å². The Balaban J connectivity index is 1.87. The van der Waals surface area contributed by atoms with Crippen LogP contribution in [0.15, 0.2) is 42.5 Å². The van der Waals surface area contributed by atoms with Crippen molar-refractivity contribution in [3.63, 3.8) is 0 Å². The van der Waals surface area contributed by atoms with Crippen molar-refractivity contribution in [3.05, 3.63) is 48.0 Å². The maximum Gasteiger partial charge on any atom is 0.243 e. The molecule has 0 aromatic heterocycles. The Morgan fingerprint density at radius 2 is 2.15 bits per heavy atom. The molecule has 1 heterocycles. The van der Waals surface area contributed by atoms with Crippen molar-refractivity contribution in [1.29, 1.82) is 0 Å². The Bertz CT molecular complexity index is 706. The first-order valence-electron chi connectivity index (χ1n) is 9.08. The zero-order chi connectivity index (χ0) is 19.5. The Morgan fingerprint density at radius 1 is 1.37 bits per heavy atom. The van der Waals surface area contributed by atoms with E-state index >= 15 is 0 Å². The van der Waals surface area contributed by atoms with E-state index < -0.39 is 12.0 Å². The number of nitrogens with zero attached hydrogens (tertiary/aromatic N) is 1. The highest BCUT2D eigenvalue weighted by Crippen LogP contribution is 2.19. The molecule has 2 atom stereocenters. The molecule has 1 aromatic rings. The molecule has 1 saturated heterocycles. The van der Waals surface area contributed by atoms with Gasteiger partial charge >= 0.3 is 0 Å². The fourth-order valence-electron chi connectivity index (χ4n) is 2.93. The number of hydrogen-bond acceptors (Lipinski definition) is 4. The lowest BCUT2D eigenvalue weighted by molar-refractivity contribution is -0.134. The molecule has 3 N–H and O–H groups in total. The van der Waals surface area contributed by atoms with Crippen molar-refractivity contribution in [2.24, 2.45) is 5.73 Å². The highest BCUT2D eigenvalue weighted by Gasteiger charge is 2.25. The van der Waals surface area contributed by atoms with Gasteiger partial charge in [-0.15, -0.1) is 0 Å². The molecule has 6 heteroatoms. The summed E-state index contributed by atoms with van der Waals surface area (Å²) < 4.78 is 4.98. The van der Waals surface area contributed by atoms with Crippen molar-refractivity contribution in [2.75, 3.05) is 19.8 Å². The smallest absolute Gasteiger partial charge is 0.243 e. The molecular formula is C21H26N2O4. The molecule has 0 aliphatic carbocycles. The van der Waals surface area contributed by atoms with E-state index in [0.717, 1.165) is 18.4 Å². The first kappa shape index (κ1) is 20.7. The number of hydrogen-bond donors (Lipinski definition) is 2. The summed E-state index contributed by atoms with van der Waals surface area (Å²) in [5.41, 5.74) is 6.04. The van der Waals surface area contributed by atoms with Crippen molar-refractivity contribution in [3.8, 4) is 11.8 Å². The summed E-state index contributed by atoms with van der Waals surface area (Å²) in [5.74, 6) is 5.19. The van der Waals surface area contributed by atoms with Crippen LogP contribution < -0.4 is 5.73 Å². The van der Waals surface area contributed by atoms with Crippen LogP contribution in [0.3, 0.4) is 0 Å². The van der Waals surface area contributed by atoms with Crippen LogP contribution >= 0.6 is 0 Å². The number of aliphatic hydroxyl groups excluding tert-OH is 1. The molecule has 1 aliphatic rings. The minimum absolute atomic E-state index is 0.0563. The molecular weight excluding hydrogens is 344 g/mol. The van der Waals surface area contributed by atoms with E-state index in [1.54, 1.807) is 11.0 Å². The molecule has 0 saturated carbocycles. The largest absolute Gasteiger partial charge is 0.389 e. The maximum absolute atomic E-state index is 12.2. The normalized spacial score (nSPS) is 18.2. The van der Waals surface area contributed by atoms with Gasteiger partial charge in [0.1, 0.15) is 13.2 Å². The van der Waals surface area contributed by atoms with Gasteiger partial charge in [0.2, 0.25) is 11.8 Å². The number of primary amides is 1. The molecule has 0 bridgehead atoms. The van der Waals surface area contributed by atoms with Crippen LogP contribution in [0.4, 0.5) is 0 Å². The third-order valence-electron chi connectivity index (χ3n) is 4.25. The summed E-state index contributed by atoms with van der Waals surface area (Å²) in [5, 5.41) is 10.2. The summed E-state index contributed by atoms with van der Waals surface area (Å²) in [6, 6.07) is 9.71. The Morgan fingerprint density at radius 3 is 2.89 bits per heavy atom. The number of carbonyl (C=O) groups is 2. The van der Waals surface area contributed by atoms with Crippen molar-refractivity contribution in [1.82, 2.24) is 4.90 Å². The molecule has 6 nitrogen and oxygen atoms in total. The Hall–Kier alpha value is -2.62. The predicted molar refractivity (Wildman–Crippen MR) is 102 cm³/mol. The molecule has 1 fully saturated rings. The molecule has 1 aromatic carbocycles. The number of carbonyl (C=O) groups excluding carboxylic acids is 2. The second-order valence-corrected chi connectivity index (χ2v) is 6.44. The van der Waals surface area contributed by atoms with Gasteiger partial charge < -0.3 is 20.5 Å². The van der Waals surface area contributed by atoms with E-state index in [-0.39, 0.29) is 25.2 Å². The zero-order valence-corrected chi connectivity index (χ0v) is 15.3. The minimum atomic E-state index is -0.598. The molecule has 1 aliphatic heterocycles. The lowest BCUT2D eigenvalue weighted by Gasteiger charge is -2.32. The number of amides is 2. The summed E-state index contributed by atoms with van der Waals surface area (Å²) in [6.07, 6.45) is 5.78. The van der Waals surface area contributed by atoms with Crippen LogP contribution in [0.1, 0.15) is 24.8 Å². The van der Waals surface area contributed by atoms with Crippen LogP contribution in [0.5, 0.6) is 0 Å². The molecule has 2 amide bonds. The topological polar surface area (TPSA) is 92.9 Å². The van der Waals surface area contributed by atoms with Gasteiger partial charge in [0.15, 0.2) is 0 Å². The van der Waals surface area contributed by atoms with Gasteiger partial charge in [-0.05, 0) is 18.4 Å². The van der Waals surface area contributed by atoms with Gasteiger partial charge in [-0.1, -0.05) is 54.3 Å². The highest BCUT2D eigenvalue weighted by atomic mass is 16.5. The molecule has 0 radical (unpaired) electrons. The number of benzene rings is 1. The summed E-state index contributed by atoms with van der Waals surface area (Å²) >= 11 is 0. The van der Waals surface area contributed by atoms with E-state index in [1.165, 1.54) is 0 Å². The average molecular weight is 370 g/mol. The van der Waals surface area contributed by atoms with Crippen LogP contribution in [-0.4, -0.2) is 53.7 Å². The van der Waals surface area contributed by atoms with E-state index in [1.807, 2.05) is 36.4 Å². The first-order chi connectivity index (χ1) is 13.1. The van der Waals surface area contributed by atoms with Crippen LogP contribution in [-0.2, 0) is 20.7 Å². The average Bonchev–Trinajstić information content (AvgIpc) is 2.65. The van der Waals surface area contributed by atoms with E-state index in [9.17, 15) is 14.7 Å². The van der Waals surface area contributed by atoms with Crippen LogP contribution in [0, 0.1) is 11.8 Å². The number of ether oxygens (including phenoxy) is 1. The van der Waals surface area contributed by atoms with E-state index in [0.29, 0.717) is 19.4 Å². The van der Waals surface area contributed by atoms with Crippen LogP contribution in [0.2, 0.25) is 0 Å². The van der Waals surface area contributed by atoms with Crippen molar-refractivity contribution in [2.45, 2.75) is 37.8 Å². The quantitative estimate of drug-likeness (QED) is 0.406. The minimum Gasteiger partial charge on any atom is -0.389 e. The Kier molecular flexibility index (Phi) is 8.56. The predicted octanol–water partition coefficient (Wildman–Crippen LogP) is 1.03. The second-order valence-electron chi connectivity index (χ2n) is 6.44. The molecule has 0 spiro atoms. The number of nitrogens with two attached hydrogens (primary N) is 1. The number of piperidine rings is 1. The van der Waals surface area contributed by atoms with Crippen molar-refractivity contribution < 1.29 is 19.4 Å². The Labute approximate surface area is 160 Å². The zero-order valence-electron chi connectivity index (χ0n) is 15.3. The van der Waals surface area contributed by atoms with Crippen LogP contribution in [0.25, 0.3) is 0 Å². The molecule has 27 heavy (non-hydrogen) atoms. The fraction of sp³-hybridized carbons (Fsp3) is 0.429. The number of likely N-dealkylation sites (tertiary alicyclic amines) is 1. The lowest BCUT2D eigenvalue weighted by atomic mass is 9.99.